The zero-order chi connectivity index (χ0) is 18.2. The summed E-state index contributed by atoms with van der Waals surface area (Å²) in [5, 5.41) is 21.0. The summed E-state index contributed by atoms with van der Waals surface area (Å²) >= 11 is 1.13. The molecule has 2 aromatic heterocycles. The van der Waals surface area contributed by atoms with Crippen LogP contribution in [0.25, 0.3) is 15.7 Å². The number of fused-ring (bicyclic) bond motifs is 3. The van der Waals surface area contributed by atoms with Crippen LogP contribution in [0.3, 0.4) is 0 Å². The molecule has 1 atom stereocenters. The molecule has 134 valence electrons. The van der Waals surface area contributed by atoms with Gasteiger partial charge in [0.1, 0.15) is 28.2 Å². The molecule has 3 aliphatic heterocycles. The molecule has 0 radical (unpaired) electrons. The number of thiazole rings is 1. The molecule has 0 saturated carbocycles. The number of aromatic nitrogens is 1. The minimum Gasteiger partial charge on any atom is -0.484 e. The average Bonchev–Trinajstić information content (AvgIpc) is 3.24. The third-order valence-corrected chi connectivity index (χ3v) is 5.90. The molecule has 6 rings (SSSR count). The van der Waals surface area contributed by atoms with E-state index in [9.17, 15) is 19.8 Å². The topological polar surface area (TPSA) is 91.5 Å². The number of β-amino-alcohol motifs (C(OH)–C–C–N with tert-alkyl or cyclic N) is 1. The van der Waals surface area contributed by atoms with Gasteiger partial charge in [0.2, 0.25) is 5.43 Å². The van der Waals surface area contributed by atoms with Gasteiger partial charge in [-0.05, 0) is 6.42 Å². The zero-order valence-electron chi connectivity index (χ0n) is 13.4. The number of ether oxygens (including phenoxy) is 1. The van der Waals surface area contributed by atoms with Crippen LogP contribution in [-0.2, 0) is 6.61 Å². The highest BCUT2D eigenvalue weighted by molar-refractivity contribution is 7.16. The number of anilines is 1. The summed E-state index contributed by atoms with van der Waals surface area (Å²) in [6, 6.07) is 0. The number of halogens is 1. The van der Waals surface area contributed by atoms with Crippen LogP contribution >= 0.6 is 11.3 Å². The largest absolute Gasteiger partial charge is 0.484 e. The Balaban J connectivity index is 1.96. The van der Waals surface area contributed by atoms with E-state index in [1.54, 1.807) is 20.9 Å². The van der Waals surface area contributed by atoms with E-state index in [0.29, 0.717) is 18.5 Å². The summed E-state index contributed by atoms with van der Waals surface area (Å²) < 4.78 is 22.5. The van der Waals surface area contributed by atoms with Gasteiger partial charge in [-0.2, -0.15) is 0 Å². The monoisotopic (exact) mass is 376 g/mol. The number of carboxylic acids is 1. The van der Waals surface area contributed by atoms with Crippen molar-refractivity contribution < 1.29 is 24.1 Å². The molecule has 26 heavy (non-hydrogen) atoms. The lowest BCUT2D eigenvalue weighted by atomic mass is 10.00. The number of benzene rings is 1. The van der Waals surface area contributed by atoms with Gasteiger partial charge in [0.25, 0.3) is 0 Å². The van der Waals surface area contributed by atoms with Gasteiger partial charge in [-0.25, -0.2) is 9.18 Å². The maximum atomic E-state index is 15.2. The van der Waals surface area contributed by atoms with Gasteiger partial charge < -0.3 is 24.3 Å². The normalized spacial score (nSPS) is 18.8. The average molecular weight is 376 g/mol. The quantitative estimate of drug-likeness (QED) is 0.709. The Kier molecular flexibility index (Phi) is 3.11. The first-order valence-corrected chi connectivity index (χ1v) is 8.96. The smallest absolute Gasteiger partial charge is 0.342 e. The first kappa shape index (κ1) is 15.6. The van der Waals surface area contributed by atoms with Gasteiger partial charge in [0.05, 0.1) is 11.5 Å². The summed E-state index contributed by atoms with van der Waals surface area (Å²) in [6.45, 7) is 0.653. The second kappa shape index (κ2) is 5.18. The molecular weight excluding hydrogens is 363 g/mol. The zero-order valence-corrected chi connectivity index (χ0v) is 14.2. The fourth-order valence-corrected chi connectivity index (χ4v) is 4.76. The van der Waals surface area contributed by atoms with Gasteiger partial charge in [0, 0.05) is 30.2 Å². The molecular formula is C17H13FN2O5S. The van der Waals surface area contributed by atoms with Crippen LogP contribution in [0.2, 0.25) is 0 Å². The van der Waals surface area contributed by atoms with Crippen LogP contribution in [0.4, 0.5) is 10.1 Å². The van der Waals surface area contributed by atoms with Crippen LogP contribution in [-0.4, -0.2) is 39.8 Å². The van der Waals surface area contributed by atoms with Crippen LogP contribution in [0, 0.1) is 5.82 Å². The summed E-state index contributed by atoms with van der Waals surface area (Å²) in [4.78, 5) is 26.5. The Bertz CT molecular complexity index is 1170. The highest BCUT2D eigenvalue weighted by Crippen LogP contribution is 2.46. The molecule has 2 N–H and O–H groups in total. The lowest BCUT2D eigenvalue weighted by Gasteiger charge is -2.29. The number of hydrogen-bond acceptors (Lipinski definition) is 6. The third-order valence-electron chi connectivity index (χ3n) is 5.01. The van der Waals surface area contributed by atoms with Crippen LogP contribution in [0.15, 0.2) is 16.4 Å². The maximum Gasteiger partial charge on any atom is 0.342 e. The number of aromatic carboxylic acids is 1. The minimum absolute atomic E-state index is 0.0561. The van der Waals surface area contributed by atoms with Crippen LogP contribution < -0.4 is 15.1 Å². The van der Waals surface area contributed by atoms with Crippen LogP contribution in [0.1, 0.15) is 22.3 Å². The molecule has 1 aromatic carbocycles. The molecule has 7 nitrogen and oxygen atoms in total. The number of aliphatic hydroxyl groups excluding tert-OH is 1. The predicted molar refractivity (Wildman–Crippen MR) is 93.1 cm³/mol. The minimum atomic E-state index is -1.34. The van der Waals surface area contributed by atoms with Crippen molar-refractivity contribution in [3.05, 3.63) is 38.7 Å². The van der Waals surface area contributed by atoms with E-state index >= 15 is 4.39 Å². The number of hydrogen-bond donors (Lipinski definition) is 2. The Morgan fingerprint density at radius 2 is 2.23 bits per heavy atom. The molecule has 0 amide bonds. The van der Waals surface area contributed by atoms with Crippen molar-refractivity contribution in [1.82, 2.24) is 4.40 Å². The van der Waals surface area contributed by atoms with E-state index in [-0.39, 0.29) is 45.9 Å². The van der Waals surface area contributed by atoms with Crippen molar-refractivity contribution in [1.29, 1.82) is 0 Å². The van der Waals surface area contributed by atoms with Gasteiger partial charge in [-0.3, -0.25) is 4.79 Å². The molecule has 0 aliphatic carbocycles. The summed E-state index contributed by atoms with van der Waals surface area (Å²) in [5.74, 6) is -1.68. The van der Waals surface area contributed by atoms with Crippen molar-refractivity contribution in [3.63, 3.8) is 0 Å². The number of carbonyl (C=O) groups is 1. The molecule has 1 unspecified atom stereocenters. The number of pyridine rings is 1. The molecule has 9 heteroatoms. The Morgan fingerprint density at radius 3 is 2.92 bits per heavy atom. The van der Waals surface area contributed by atoms with E-state index in [1.807, 2.05) is 0 Å². The number of nitrogens with zero attached hydrogens (tertiary/aromatic N) is 2. The van der Waals surface area contributed by atoms with E-state index in [0.717, 1.165) is 11.3 Å². The van der Waals surface area contributed by atoms with Gasteiger partial charge in [-0.15, -0.1) is 11.3 Å². The first-order chi connectivity index (χ1) is 12.5. The first-order valence-electron chi connectivity index (χ1n) is 8.08. The molecule has 3 aliphatic rings. The van der Waals surface area contributed by atoms with E-state index < -0.39 is 23.3 Å². The van der Waals surface area contributed by atoms with E-state index in [4.69, 9.17) is 4.74 Å². The fraction of sp³-hybridized carbons (Fsp3) is 0.294. The third kappa shape index (κ3) is 1.84. The molecule has 2 bridgehead atoms. The summed E-state index contributed by atoms with van der Waals surface area (Å²) in [7, 11) is 0. The molecule has 1 fully saturated rings. The van der Waals surface area contributed by atoms with Crippen molar-refractivity contribution in [3.8, 4) is 5.75 Å². The van der Waals surface area contributed by atoms with E-state index in [2.05, 4.69) is 0 Å². The number of carboxylic acid groups (broad SMARTS) is 1. The molecule has 0 spiro atoms. The van der Waals surface area contributed by atoms with Crippen LogP contribution in [0.5, 0.6) is 5.75 Å². The second-order valence-corrected chi connectivity index (χ2v) is 7.35. The van der Waals surface area contributed by atoms with Crippen molar-refractivity contribution in [2.45, 2.75) is 19.1 Å². The van der Waals surface area contributed by atoms with Crippen molar-refractivity contribution in [2.75, 3.05) is 18.0 Å². The lowest BCUT2D eigenvalue weighted by molar-refractivity contribution is 0.0697. The lowest BCUT2D eigenvalue weighted by Crippen LogP contribution is -2.28. The van der Waals surface area contributed by atoms with E-state index in [1.165, 1.54) is 0 Å². The number of rotatable bonds is 2. The van der Waals surface area contributed by atoms with Gasteiger partial charge in [0.15, 0.2) is 11.6 Å². The summed E-state index contributed by atoms with van der Waals surface area (Å²) in [6.07, 6.45) is 1.63. The summed E-state index contributed by atoms with van der Waals surface area (Å²) in [5.41, 5.74) is -0.362. The number of aliphatic hydroxyl groups is 1. The van der Waals surface area contributed by atoms with Crippen molar-refractivity contribution >= 4 is 38.7 Å². The highest BCUT2D eigenvalue weighted by Gasteiger charge is 2.36. The molecule has 3 aromatic rings. The molecule has 1 saturated heterocycles. The van der Waals surface area contributed by atoms with Crippen molar-refractivity contribution in [2.24, 2.45) is 0 Å². The molecule has 5 heterocycles. The predicted octanol–water partition coefficient (Wildman–Crippen LogP) is 1.81. The Hall–Kier alpha value is -2.65. The Morgan fingerprint density at radius 1 is 1.42 bits per heavy atom. The van der Waals surface area contributed by atoms with Gasteiger partial charge >= 0.3 is 5.97 Å². The fourth-order valence-electron chi connectivity index (χ4n) is 3.89. The maximum absolute atomic E-state index is 15.2. The highest BCUT2D eigenvalue weighted by atomic mass is 32.1. The second-order valence-electron chi connectivity index (χ2n) is 6.46. The standard InChI is InChI=1S/C17H13FN2O5S/c18-11-8-6-25-15(13(11)19-2-1-7(21)5-19)12-9(8)14(22)10(17(23)24)16-20(12)3-4-26-16/h3-4,7,21H,1-2,5-6H2,(H,23,24). The Labute approximate surface area is 149 Å². The van der Waals surface area contributed by atoms with Gasteiger partial charge in [-0.1, -0.05) is 0 Å². The SMILES string of the molecule is O=C(O)c1c(=O)c2c3c(F)c(N4CCC(O)C4)c(c2n2ccsc12)OC3.